The Labute approximate surface area is 100 Å². The van der Waals surface area contributed by atoms with E-state index in [1.165, 1.54) is 17.8 Å². The Kier molecular flexibility index (Phi) is 2.96. The van der Waals surface area contributed by atoms with Crippen molar-refractivity contribution in [1.82, 2.24) is 14.8 Å². The molecule has 0 aliphatic rings. The van der Waals surface area contributed by atoms with Crippen LogP contribution in [-0.4, -0.2) is 14.8 Å². The Morgan fingerprint density at radius 2 is 2.00 bits per heavy atom. The molecule has 0 bridgehead atoms. The number of hydrogen-bond acceptors (Lipinski definition) is 2. The lowest BCUT2D eigenvalue weighted by Crippen LogP contribution is -1.95. The number of nitrogens with zero attached hydrogens (tertiary/aromatic N) is 3. The lowest BCUT2D eigenvalue weighted by atomic mass is 9.99. The van der Waals surface area contributed by atoms with E-state index in [4.69, 9.17) is 0 Å². The zero-order valence-corrected chi connectivity index (χ0v) is 10.5. The van der Waals surface area contributed by atoms with E-state index in [1.807, 2.05) is 18.7 Å². The second-order valence-corrected chi connectivity index (χ2v) is 4.49. The van der Waals surface area contributed by atoms with E-state index in [2.05, 4.69) is 23.9 Å². The van der Waals surface area contributed by atoms with Gasteiger partial charge in [-0.15, -0.1) is 0 Å². The summed E-state index contributed by atoms with van der Waals surface area (Å²) in [6.45, 7) is 6.28. The lowest BCUT2D eigenvalue weighted by molar-refractivity contribution is 0.621. The van der Waals surface area contributed by atoms with Crippen LogP contribution in [0.5, 0.6) is 0 Å². The summed E-state index contributed by atoms with van der Waals surface area (Å²) in [6, 6.07) is 3.08. The molecule has 0 aliphatic heterocycles. The van der Waals surface area contributed by atoms with E-state index in [9.17, 15) is 4.39 Å². The van der Waals surface area contributed by atoms with Crippen LogP contribution in [-0.2, 0) is 7.05 Å². The van der Waals surface area contributed by atoms with Crippen LogP contribution in [0, 0.1) is 12.7 Å². The number of aryl methyl sites for hydroxylation is 1. The first-order valence-corrected chi connectivity index (χ1v) is 5.66. The molecule has 0 aliphatic carbocycles. The van der Waals surface area contributed by atoms with Crippen molar-refractivity contribution in [3.8, 4) is 11.4 Å². The first-order chi connectivity index (χ1) is 8.00. The largest absolute Gasteiger partial charge is 0.272 e. The van der Waals surface area contributed by atoms with Gasteiger partial charge in [-0.1, -0.05) is 13.8 Å². The van der Waals surface area contributed by atoms with Gasteiger partial charge >= 0.3 is 0 Å². The van der Waals surface area contributed by atoms with Crippen molar-refractivity contribution in [3.63, 3.8) is 0 Å². The zero-order valence-electron chi connectivity index (χ0n) is 10.5. The van der Waals surface area contributed by atoms with Gasteiger partial charge in [0.25, 0.3) is 0 Å². The molecule has 0 fully saturated rings. The maximum atomic E-state index is 12.9. The molecule has 4 heteroatoms. The third-order valence-corrected chi connectivity index (χ3v) is 2.93. The van der Waals surface area contributed by atoms with Crippen molar-refractivity contribution >= 4 is 0 Å². The number of hydrogen-bond donors (Lipinski definition) is 0. The molecule has 0 atom stereocenters. The highest BCUT2D eigenvalue weighted by Gasteiger charge is 2.18. The molecule has 0 unspecified atom stereocenters. The molecule has 3 nitrogen and oxygen atoms in total. The van der Waals surface area contributed by atoms with Crippen LogP contribution in [0.15, 0.2) is 18.3 Å². The minimum absolute atomic E-state index is 0.326. The highest BCUT2D eigenvalue weighted by Crippen LogP contribution is 2.29. The minimum atomic E-state index is -0.326. The molecule has 0 amide bonds. The van der Waals surface area contributed by atoms with Crippen molar-refractivity contribution < 1.29 is 4.39 Å². The second kappa shape index (κ2) is 4.28. The van der Waals surface area contributed by atoms with Gasteiger partial charge in [0.2, 0.25) is 0 Å². The maximum Gasteiger partial charge on any atom is 0.141 e. The fourth-order valence-corrected chi connectivity index (χ4v) is 2.02. The van der Waals surface area contributed by atoms with Crippen molar-refractivity contribution in [2.45, 2.75) is 26.7 Å². The van der Waals surface area contributed by atoms with Gasteiger partial charge in [-0.2, -0.15) is 5.10 Å². The van der Waals surface area contributed by atoms with Gasteiger partial charge in [0.05, 0.1) is 11.9 Å². The van der Waals surface area contributed by atoms with Gasteiger partial charge in [0.15, 0.2) is 0 Å². The quantitative estimate of drug-likeness (QED) is 0.798. The van der Waals surface area contributed by atoms with Gasteiger partial charge in [0, 0.05) is 18.3 Å². The van der Waals surface area contributed by atoms with E-state index in [0.717, 1.165) is 17.1 Å². The molecule has 0 saturated carbocycles. The van der Waals surface area contributed by atoms with Crippen molar-refractivity contribution in [2.75, 3.05) is 0 Å². The molecule has 2 heterocycles. The number of aromatic nitrogens is 3. The Hall–Kier alpha value is -1.71. The lowest BCUT2D eigenvalue weighted by Gasteiger charge is -2.06. The second-order valence-electron chi connectivity index (χ2n) is 4.49. The zero-order chi connectivity index (χ0) is 12.6. The van der Waals surface area contributed by atoms with Crippen LogP contribution in [0.1, 0.15) is 31.0 Å². The van der Waals surface area contributed by atoms with Crippen molar-refractivity contribution in [3.05, 3.63) is 35.4 Å². The Bertz CT molecular complexity index is 526. The van der Waals surface area contributed by atoms with Crippen LogP contribution < -0.4 is 0 Å². The van der Waals surface area contributed by atoms with E-state index in [1.54, 1.807) is 6.07 Å². The molecule has 90 valence electrons. The predicted molar refractivity (Wildman–Crippen MR) is 65.2 cm³/mol. The molecular formula is C13H16FN3. The average molecular weight is 233 g/mol. The summed E-state index contributed by atoms with van der Waals surface area (Å²) in [7, 11) is 1.91. The summed E-state index contributed by atoms with van der Waals surface area (Å²) in [5.41, 5.74) is 3.87. The van der Waals surface area contributed by atoms with Gasteiger partial charge in [-0.25, -0.2) is 4.39 Å². The summed E-state index contributed by atoms with van der Waals surface area (Å²) in [5.74, 6) is 0.0399. The smallest absolute Gasteiger partial charge is 0.141 e. The van der Waals surface area contributed by atoms with Gasteiger partial charge < -0.3 is 0 Å². The van der Waals surface area contributed by atoms with Crippen LogP contribution in [0.2, 0.25) is 0 Å². The third kappa shape index (κ3) is 2.07. The molecular weight excluding hydrogens is 217 g/mol. The molecule has 2 aromatic rings. The monoisotopic (exact) mass is 233 g/mol. The van der Waals surface area contributed by atoms with Crippen LogP contribution >= 0.6 is 0 Å². The fourth-order valence-electron chi connectivity index (χ4n) is 2.02. The number of pyridine rings is 1. The summed E-state index contributed by atoms with van der Waals surface area (Å²) in [4.78, 5) is 4.10. The summed E-state index contributed by atoms with van der Waals surface area (Å²) in [5, 5.41) is 4.46. The maximum absolute atomic E-state index is 12.9. The summed E-state index contributed by atoms with van der Waals surface area (Å²) in [6.07, 6.45) is 1.23. The predicted octanol–water partition coefficient (Wildman–Crippen LogP) is 3.05. The third-order valence-electron chi connectivity index (χ3n) is 2.93. The number of rotatable bonds is 2. The Morgan fingerprint density at radius 3 is 2.53 bits per heavy atom. The molecule has 0 radical (unpaired) electrons. The first kappa shape index (κ1) is 11.8. The summed E-state index contributed by atoms with van der Waals surface area (Å²) < 4.78 is 14.7. The highest BCUT2D eigenvalue weighted by atomic mass is 19.1. The van der Waals surface area contributed by atoms with E-state index < -0.39 is 0 Å². The average Bonchev–Trinajstić information content (AvgIpc) is 2.56. The highest BCUT2D eigenvalue weighted by molar-refractivity contribution is 5.60. The molecule has 0 N–H and O–H groups in total. The topological polar surface area (TPSA) is 30.7 Å². The van der Waals surface area contributed by atoms with Gasteiger partial charge in [-0.05, 0) is 25.0 Å². The van der Waals surface area contributed by atoms with E-state index in [0.29, 0.717) is 5.92 Å². The summed E-state index contributed by atoms with van der Waals surface area (Å²) >= 11 is 0. The molecule has 0 spiro atoms. The number of halogens is 1. The first-order valence-electron chi connectivity index (χ1n) is 5.66. The molecule has 2 rings (SSSR count). The molecule has 0 saturated heterocycles. The molecule has 0 aromatic carbocycles. The van der Waals surface area contributed by atoms with Gasteiger partial charge in [0.1, 0.15) is 11.5 Å². The standard InChI is InChI=1S/C13H16FN3/c1-8(2)12-9(3)17(4)16-13(12)11-6-5-10(14)7-15-11/h5-8H,1-4H3. The van der Waals surface area contributed by atoms with Crippen LogP contribution in [0.25, 0.3) is 11.4 Å². The van der Waals surface area contributed by atoms with Crippen LogP contribution in [0.3, 0.4) is 0 Å². The van der Waals surface area contributed by atoms with E-state index >= 15 is 0 Å². The van der Waals surface area contributed by atoms with Crippen LogP contribution in [0.4, 0.5) is 4.39 Å². The molecule has 17 heavy (non-hydrogen) atoms. The Morgan fingerprint density at radius 1 is 1.29 bits per heavy atom. The molecule has 2 aromatic heterocycles. The minimum Gasteiger partial charge on any atom is -0.272 e. The fraction of sp³-hybridized carbons (Fsp3) is 0.385. The van der Waals surface area contributed by atoms with Crippen molar-refractivity contribution in [2.24, 2.45) is 7.05 Å². The SMILES string of the molecule is Cc1c(C(C)C)c(-c2ccc(F)cn2)nn1C. The van der Waals surface area contributed by atoms with Crippen molar-refractivity contribution in [1.29, 1.82) is 0 Å². The van der Waals surface area contributed by atoms with Gasteiger partial charge in [-0.3, -0.25) is 9.67 Å². The Balaban J connectivity index is 2.59. The normalized spacial score (nSPS) is 11.2. The van der Waals surface area contributed by atoms with E-state index in [-0.39, 0.29) is 5.82 Å².